The van der Waals surface area contributed by atoms with Crippen molar-refractivity contribution in [1.82, 2.24) is 0 Å². The van der Waals surface area contributed by atoms with Crippen molar-refractivity contribution in [3.05, 3.63) is 35.4 Å². The summed E-state index contributed by atoms with van der Waals surface area (Å²) in [6, 6.07) is 7.54. The maximum atomic E-state index is 11.7. The average Bonchev–Trinajstić information content (AvgIpc) is 2.42. The molecule has 3 heteroatoms. The van der Waals surface area contributed by atoms with Crippen molar-refractivity contribution in [3.8, 4) is 0 Å². The zero-order chi connectivity index (χ0) is 13.2. The lowest BCUT2D eigenvalue weighted by molar-refractivity contribution is 0.0313. The molecular weight excluding hydrogens is 228 g/mol. The predicted molar refractivity (Wildman–Crippen MR) is 71.8 cm³/mol. The van der Waals surface area contributed by atoms with Gasteiger partial charge in [-0.1, -0.05) is 32.4 Å². The Bertz CT molecular complexity index is 361. The topological polar surface area (TPSA) is 35.5 Å². The van der Waals surface area contributed by atoms with Crippen molar-refractivity contribution in [2.45, 2.75) is 33.1 Å². The Morgan fingerprint density at radius 1 is 1.17 bits per heavy atom. The van der Waals surface area contributed by atoms with Crippen LogP contribution < -0.4 is 0 Å². The second-order valence-corrected chi connectivity index (χ2v) is 4.16. The van der Waals surface area contributed by atoms with E-state index in [4.69, 9.17) is 9.47 Å². The van der Waals surface area contributed by atoms with Gasteiger partial charge in [-0.2, -0.15) is 0 Å². The molecule has 0 bridgehead atoms. The molecule has 0 N–H and O–H groups in total. The van der Waals surface area contributed by atoms with E-state index in [1.165, 1.54) is 0 Å². The van der Waals surface area contributed by atoms with Crippen molar-refractivity contribution in [3.63, 3.8) is 0 Å². The third-order valence-corrected chi connectivity index (χ3v) is 2.67. The van der Waals surface area contributed by atoms with Crippen LogP contribution in [0.5, 0.6) is 0 Å². The summed E-state index contributed by atoms with van der Waals surface area (Å²) in [5.41, 5.74) is 1.76. The van der Waals surface area contributed by atoms with E-state index in [2.05, 4.69) is 13.8 Å². The number of rotatable bonds is 8. The molecule has 1 aromatic carbocycles. The normalized spacial score (nSPS) is 10.3. The summed E-state index contributed by atoms with van der Waals surface area (Å²) in [6.07, 6.45) is 3.08. The van der Waals surface area contributed by atoms with E-state index < -0.39 is 0 Å². The van der Waals surface area contributed by atoms with E-state index in [9.17, 15) is 4.79 Å². The molecule has 0 atom stereocenters. The Hall–Kier alpha value is -1.35. The number of hydrogen-bond donors (Lipinski definition) is 0. The summed E-state index contributed by atoms with van der Waals surface area (Å²) in [5.74, 6) is -0.274. The summed E-state index contributed by atoms with van der Waals surface area (Å²) in [7, 11) is 0. The van der Waals surface area contributed by atoms with E-state index in [1.807, 2.05) is 18.2 Å². The second kappa shape index (κ2) is 8.70. The van der Waals surface area contributed by atoms with E-state index in [-0.39, 0.29) is 5.97 Å². The zero-order valence-electron chi connectivity index (χ0n) is 11.3. The second-order valence-electron chi connectivity index (χ2n) is 4.16. The minimum absolute atomic E-state index is 0.274. The van der Waals surface area contributed by atoms with Crippen LogP contribution in [0.1, 0.15) is 42.6 Å². The minimum Gasteiger partial charge on any atom is -0.460 e. The zero-order valence-corrected chi connectivity index (χ0v) is 11.3. The summed E-state index contributed by atoms with van der Waals surface area (Å²) in [5, 5.41) is 0. The number of hydrogen-bond acceptors (Lipinski definition) is 3. The molecule has 0 aromatic heterocycles. The first-order valence-corrected chi connectivity index (χ1v) is 6.61. The average molecular weight is 250 g/mol. The quantitative estimate of drug-likeness (QED) is 0.525. The van der Waals surface area contributed by atoms with Gasteiger partial charge < -0.3 is 9.47 Å². The maximum absolute atomic E-state index is 11.7. The number of benzene rings is 1. The van der Waals surface area contributed by atoms with Crippen LogP contribution in [0.3, 0.4) is 0 Å². The molecular formula is C15H22O3. The van der Waals surface area contributed by atoms with Gasteiger partial charge in [0.1, 0.15) is 6.61 Å². The Morgan fingerprint density at radius 2 is 2.00 bits per heavy atom. The number of carbonyl (C=O) groups is 1. The number of esters is 1. The molecule has 3 nitrogen and oxygen atoms in total. The fourth-order valence-corrected chi connectivity index (χ4v) is 1.54. The highest BCUT2D eigenvalue weighted by atomic mass is 16.6. The van der Waals surface area contributed by atoms with E-state index in [0.29, 0.717) is 18.8 Å². The van der Waals surface area contributed by atoms with Gasteiger partial charge in [-0.15, -0.1) is 0 Å². The minimum atomic E-state index is -0.274. The van der Waals surface area contributed by atoms with Gasteiger partial charge in [0.2, 0.25) is 0 Å². The van der Waals surface area contributed by atoms with Crippen LogP contribution in [-0.4, -0.2) is 25.8 Å². The Labute approximate surface area is 109 Å². The molecule has 0 spiro atoms. The molecule has 0 saturated carbocycles. The van der Waals surface area contributed by atoms with Crippen LogP contribution in [0.2, 0.25) is 0 Å². The van der Waals surface area contributed by atoms with Crippen LogP contribution in [-0.2, 0) is 15.9 Å². The molecule has 100 valence electrons. The van der Waals surface area contributed by atoms with Gasteiger partial charge in [-0.3, -0.25) is 0 Å². The molecule has 0 unspecified atom stereocenters. The summed E-state index contributed by atoms with van der Waals surface area (Å²) in [6.45, 7) is 5.70. The molecule has 1 rings (SSSR count). The van der Waals surface area contributed by atoms with Gasteiger partial charge in [0, 0.05) is 6.61 Å². The van der Waals surface area contributed by atoms with Gasteiger partial charge >= 0.3 is 5.97 Å². The van der Waals surface area contributed by atoms with Gasteiger partial charge in [0.15, 0.2) is 0 Å². The smallest absolute Gasteiger partial charge is 0.338 e. The van der Waals surface area contributed by atoms with Gasteiger partial charge in [0.05, 0.1) is 12.2 Å². The third-order valence-electron chi connectivity index (χ3n) is 2.67. The fourth-order valence-electron chi connectivity index (χ4n) is 1.54. The standard InChI is InChI=1S/C15H22O3/c1-3-5-9-17-10-11-18-15(16)14-8-6-7-13(4-2)12-14/h6-8,12H,3-5,9-11H2,1-2H3. The lowest BCUT2D eigenvalue weighted by atomic mass is 10.1. The van der Waals surface area contributed by atoms with E-state index in [0.717, 1.165) is 31.4 Å². The first-order valence-electron chi connectivity index (χ1n) is 6.61. The Morgan fingerprint density at radius 3 is 2.72 bits per heavy atom. The molecule has 0 amide bonds. The van der Waals surface area contributed by atoms with Crippen molar-refractivity contribution < 1.29 is 14.3 Å². The van der Waals surface area contributed by atoms with Crippen molar-refractivity contribution in [1.29, 1.82) is 0 Å². The van der Waals surface area contributed by atoms with Crippen LogP contribution in [0.4, 0.5) is 0 Å². The molecule has 18 heavy (non-hydrogen) atoms. The van der Waals surface area contributed by atoms with Gasteiger partial charge in [-0.25, -0.2) is 4.79 Å². The van der Waals surface area contributed by atoms with Gasteiger partial charge in [0.25, 0.3) is 0 Å². The highest BCUT2D eigenvalue weighted by molar-refractivity contribution is 5.89. The summed E-state index contributed by atoms with van der Waals surface area (Å²) < 4.78 is 10.5. The largest absolute Gasteiger partial charge is 0.460 e. The summed E-state index contributed by atoms with van der Waals surface area (Å²) >= 11 is 0. The maximum Gasteiger partial charge on any atom is 0.338 e. The Kier molecular flexibility index (Phi) is 7.11. The fraction of sp³-hybridized carbons (Fsp3) is 0.533. The van der Waals surface area contributed by atoms with E-state index >= 15 is 0 Å². The summed E-state index contributed by atoms with van der Waals surface area (Å²) in [4.78, 5) is 11.7. The van der Waals surface area contributed by atoms with Crippen LogP contribution in [0.25, 0.3) is 0 Å². The molecule has 0 aliphatic heterocycles. The highest BCUT2D eigenvalue weighted by Gasteiger charge is 2.06. The number of ether oxygens (including phenoxy) is 2. The van der Waals surface area contributed by atoms with E-state index in [1.54, 1.807) is 6.07 Å². The first-order chi connectivity index (χ1) is 8.77. The van der Waals surface area contributed by atoms with Gasteiger partial charge in [-0.05, 0) is 30.5 Å². The van der Waals surface area contributed by atoms with Crippen molar-refractivity contribution in [2.75, 3.05) is 19.8 Å². The molecule has 0 saturated heterocycles. The SMILES string of the molecule is CCCCOCCOC(=O)c1cccc(CC)c1. The molecule has 0 aliphatic carbocycles. The molecule has 0 fully saturated rings. The molecule has 1 aromatic rings. The van der Waals surface area contributed by atoms with Crippen LogP contribution in [0, 0.1) is 0 Å². The van der Waals surface area contributed by atoms with Crippen LogP contribution >= 0.6 is 0 Å². The van der Waals surface area contributed by atoms with Crippen molar-refractivity contribution in [2.24, 2.45) is 0 Å². The van der Waals surface area contributed by atoms with Crippen LogP contribution in [0.15, 0.2) is 24.3 Å². The number of unbranched alkanes of at least 4 members (excludes halogenated alkanes) is 1. The van der Waals surface area contributed by atoms with Crippen molar-refractivity contribution >= 4 is 5.97 Å². The Balaban J connectivity index is 2.27. The third kappa shape index (κ3) is 5.32. The molecule has 0 radical (unpaired) electrons. The predicted octanol–water partition coefficient (Wildman–Crippen LogP) is 3.22. The number of aryl methyl sites for hydroxylation is 1. The number of carbonyl (C=O) groups excluding carboxylic acids is 1. The molecule has 0 aliphatic rings. The monoisotopic (exact) mass is 250 g/mol. The first kappa shape index (κ1) is 14.7. The molecule has 0 heterocycles. The lowest BCUT2D eigenvalue weighted by Crippen LogP contribution is -2.11. The lowest BCUT2D eigenvalue weighted by Gasteiger charge is -2.06. The highest BCUT2D eigenvalue weighted by Crippen LogP contribution is 2.07.